The van der Waals surface area contributed by atoms with E-state index < -0.39 is 5.60 Å². The first-order valence-corrected chi connectivity index (χ1v) is 8.45. The molecule has 2 N–H and O–H groups in total. The fraction of sp³-hybridized carbons (Fsp3) is 0.421. The lowest BCUT2D eigenvalue weighted by Crippen LogP contribution is -2.43. The number of amides is 1. The minimum absolute atomic E-state index is 0.194. The number of nitrogens with zero attached hydrogens (tertiary/aromatic N) is 2. The first-order valence-electron chi connectivity index (χ1n) is 8.45. The molecule has 1 amide bonds. The fourth-order valence-electron chi connectivity index (χ4n) is 3.38. The maximum absolute atomic E-state index is 12.5. The van der Waals surface area contributed by atoms with Gasteiger partial charge < -0.3 is 10.4 Å². The molecular formula is C19H23N3O2. The number of aromatic nitrogens is 2. The molecule has 1 unspecified atom stereocenters. The molecule has 24 heavy (non-hydrogen) atoms. The minimum atomic E-state index is -1.01. The smallest absolute Gasteiger partial charge is 0.254 e. The Labute approximate surface area is 142 Å². The van der Waals surface area contributed by atoms with Crippen molar-refractivity contribution in [1.82, 2.24) is 15.3 Å². The van der Waals surface area contributed by atoms with Gasteiger partial charge in [-0.2, -0.15) is 0 Å². The van der Waals surface area contributed by atoms with Crippen LogP contribution in [0.2, 0.25) is 0 Å². The number of rotatable bonds is 4. The summed E-state index contributed by atoms with van der Waals surface area (Å²) in [6, 6.07) is 7.91. The Bertz CT molecular complexity index is 760. The van der Waals surface area contributed by atoms with Gasteiger partial charge in [0, 0.05) is 6.20 Å². The first kappa shape index (κ1) is 16.6. The van der Waals surface area contributed by atoms with E-state index in [0.717, 1.165) is 29.7 Å². The third kappa shape index (κ3) is 3.17. The van der Waals surface area contributed by atoms with Crippen molar-refractivity contribution in [2.75, 3.05) is 6.54 Å². The Kier molecular flexibility index (Phi) is 4.62. The van der Waals surface area contributed by atoms with Gasteiger partial charge in [0.2, 0.25) is 0 Å². The molecule has 2 aromatic rings. The topological polar surface area (TPSA) is 75.1 Å². The normalized spacial score (nSPS) is 19.6. The van der Waals surface area contributed by atoms with Crippen LogP contribution >= 0.6 is 0 Å². The highest BCUT2D eigenvalue weighted by Gasteiger charge is 2.34. The third-order valence-corrected chi connectivity index (χ3v) is 4.66. The predicted octanol–water partition coefficient (Wildman–Crippen LogP) is 2.30. The Morgan fingerprint density at radius 3 is 2.96 bits per heavy atom. The SMILES string of the molecule is CCc1nc(C)ncc1C(=O)NCC1(O)CCCc2ccccc21. The second kappa shape index (κ2) is 6.69. The van der Waals surface area contributed by atoms with Crippen LogP contribution in [0.1, 0.15) is 52.8 Å². The number of benzene rings is 1. The van der Waals surface area contributed by atoms with Crippen LogP contribution in [0.25, 0.3) is 0 Å². The zero-order chi connectivity index (χ0) is 17.2. The van der Waals surface area contributed by atoms with Gasteiger partial charge in [-0.15, -0.1) is 0 Å². The number of carbonyl (C=O) groups is 1. The van der Waals surface area contributed by atoms with Crippen LogP contribution in [0.4, 0.5) is 0 Å². The van der Waals surface area contributed by atoms with E-state index in [1.165, 1.54) is 0 Å². The maximum Gasteiger partial charge on any atom is 0.254 e. The van der Waals surface area contributed by atoms with Gasteiger partial charge in [0.25, 0.3) is 5.91 Å². The van der Waals surface area contributed by atoms with Crippen molar-refractivity contribution in [3.63, 3.8) is 0 Å². The van der Waals surface area contributed by atoms with Gasteiger partial charge in [0.1, 0.15) is 11.4 Å². The molecule has 5 heteroatoms. The molecule has 1 aliphatic carbocycles. The molecule has 1 atom stereocenters. The van der Waals surface area contributed by atoms with Crippen LogP contribution in [0, 0.1) is 6.92 Å². The van der Waals surface area contributed by atoms with E-state index in [1.807, 2.05) is 38.1 Å². The molecule has 0 saturated heterocycles. The standard InChI is InChI=1S/C19H23N3O2/c1-3-17-15(11-20-13(2)22-17)18(23)21-12-19(24)10-6-8-14-7-4-5-9-16(14)19/h4-5,7,9,11,24H,3,6,8,10,12H2,1-2H3,(H,21,23). The molecule has 3 rings (SSSR count). The molecule has 1 heterocycles. The zero-order valence-corrected chi connectivity index (χ0v) is 14.2. The second-order valence-electron chi connectivity index (χ2n) is 6.36. The molecule has 1 aromatic heterocycles. The molecule has 0 radical (unpaired) electrons. The Balaban J connectivity index is 1.78. The molecule has 126 valence electrons. The van der Waals surface area contributed by atoms with Crippen LogP contribution in [0.3, 0.4) is 0 Å². The molecule has 0 spiro atoms. The lowest BCUT2D eigenvalue weighted by atomic mass is 9.79. The Morgan fingerprint density at radius 2 is 2.17 bits per heavy atom. The Morgan fingerprint density at radius 1 is 1.38 bits per heavy atom. The summed E-state index contributed by atoms with van der Waals surface area (Å²) in [7, 11) is 0. The van der Waals surface area contributed by atoms with Crippen molar-refractivity contribution in [3.05, 3.63) is 58.7 Å². The van der Waals surface area contributed by atoms with E-state index in [4.69, 9.17) is 0 Å². The van der Waals surface area contributed by atoms with Crippen LogP contribution in [-0.4, -0.2) is 27.5 Å². The summed E-state index contributed by atoms with van der Waals surface area (Å²) in [5.74, 6) is 0.423. The number of aryl methyl sites for hydroxylation is 3. The van der Waals surface area contributed by atoms with E-state index in [2.05, 4.69) is 15.3 Å². The highest BCUT2D eigenvalue weighted by molar-refractivity contribution is 5.95. The minimum Gasteiger partial charge on any atom is -0.383 e. The average molecular weight is 325 g/mol. The predicted molar refractivity (Wildman–Crippen MR) is 91.8 cm³/mol. The van der Waals surface area contributed by atoms with Crippen LogP contribution in [0.5, 0.6) is 0 Å². The van der Waals surface area contributed by atoms with Crippen LogP contribution in [0.15, 0.2) is 30.5 Å². The summed E-state index contributed by atoms with van der Waals surface area (Å²) in [6.45, 7) is 3.96. The average Bonchev–Trinajstić information content (AvgIpc) is 2.60. The molecular weight excluding hydrogens is 302 g/mol. The summed E-state index contributed by atoms with van der Waals surface area (Å²) < 4.78 is 0. The molecule has 0 bridgehead atoms. The lowest BCUT2D eigenvalue weighted by Gasteiger charge is -2.34. The van der Waals surface area contributed by atoms with Gasteiger partial charge in [0.15, 0.2) is 0 Å². The number of hydrogen-bond acceptors (Lipinski definition) is 4. The number of fused-ring (bicyclic) bond motifs is 1. The molecule has 0 saturated carbocycles. The quantitative estimate of drug-likeness (QED) is 0.904. The van der Waals surface area contributed by atoms with E-state index in [-0.39, 0.29) is 12.5 Å². The zero-order valence-electron chi connectivity index (χ0n) is 14.2. The maximum atomic E-state index is 12.5. The van der Waals surface area contributed by atoms with Gasteiger partial charge in [-0.1, -0.05) is 31.2 Å². The molecule has 0 fully saturated rings. The van der Waals surface area contributed by atoms with Crippen molar-refractivity contribution >= 4 is 5.91 Å². The summed E-state index contributed by atoms with van der Waals surface area (Å²) in [5, 5.41) is 13.9. The van der Waals surface area contributed by atoms with Crippen molar-refractivity contribution < 1.29 is 9.90 Å². The van der Waals surface area contributed by atoms with Gasteiger partial charge >= 0.3 is 0 Å². The number of carbonyl (C=O) groups excluding carboxylic acids is 1. The van der Waals surface area contributed by atoms with E-state index >= 15 is 0 Å². The highest BCUT2D eigenvalue weighted by Crippen LogP contribution is 2.34. The number of hydrogen-bond donors (Lipinski definition) is 2. The van der Waals surface area contributed by atoms with Gasteiger partial charge in [-0.3, -0.25) is 4.79 Å². The molecule has 0 aliphatic heterocycles. The summed E-state index contributed by atoms with van der Waals surface area (Å²) in [5.41, 5.74) is 2.29. The van der Waals surface area contributed by atoms with E-state index in [1.54, 1.807) is 6.20 Å². The molecule has 5 nitrogen and oxygen atoms in total. The summed E-state index contributed by atoms with van der Waals surface area (Å²) >= 11 is 0. The van der Waals surface area contributed by atoms with Crippen molar-refractivity contribution in [3.8, 4) is 0 Å². The highest BCUT2D eigenvalue weighted by atomic mass is 16.3. The van der Waals surface area contributed by atoms with Crippen LogP contribution in [-0.2, 0) is 18.4 Å². The first-order chi connectivity index (χ1) is 11.5. The Hall–Kier alpha value is -2.27. The van der Waals surface area contributed by atoms with Crippen molar-refractivity contribution in [2.24, 2.45) is 0 Å². The van der Waals surface area contributed by atoms with Crippen LogP contribution < -0.4 is 5.32 Å². The fourth-order valence-corrected chi connectivity index (χ4v) is 3.38. The molecule has 1 aromatic carbocycles. The van der Waals surface area contributed by atoms with Crippen molar-refractivity contribution in [1.29, 1.82) is 0 Å². The summed E-state index contributed by atoms with van der Waals surface area (Å²) in [4.78, 5) is 21.0. The van der Waals surface area contributed by atoms with Gasteiger partial charge in [0.05, 0.1) is 17.8 Å². The molecule has 1 aliphatic rings. The van der Waals surface area contributed by atoms with Gasteiger partial charge in [-0.25, -0.2) is 9.97 Å². The third-order valence-electron chi connectivity index (χ3n) is 4.66. The lowest BCUT2D eigenvalue weighted by molar-refractivity contribution is 0.0189. The van der Waals surface area contributed by atoms with Crippen molar-refractivity contribution in [2.45, 2.75) is 45.1 Å². The number of aliphatic hydroxyl groups is 1. The second-order valence-corrected chi connectivity index (χ2v) is 6.36. The largest absolute Gasteiger partial charge is 0.383 e. The summed E-state index contributed by atoms with van der Waals surface area (Å²) in [6.07, 6.45) is 4.76. The monoisotopic (exact) mass is 325 g/mol. The van der Waals surface area contributed by atoms with E-state index in [0.29, 0.717) is 24.2 Å². The van der Waals surface area contributed by atoms with Gasteiger partial charge in [-0.05, 0) is 43.7 Å². The number of nitrogens with one attached hydrogen (secondary N) is 1. The van der Waals surface area contributed by atoms with E-state index in [9.17, 15) is 9.90 Å².